The quantitative estimate of drug-likeness (QED) is 0.360. The average molecular weight is 438 g/mol. The van der Waals surface area contributed by atoms with Crippen molar-refractivity contribution >= 4 is 17.2 Å². The van der Waals surface area contributed by atoms with Gasteiger partial charge in [-0.1, -0.05) is 12.0 Å². The molecule has 0 aliphatic heterocycles. The van der Waals surface area contributed by atoms with Crippen molar-refractivity contribution in [3.8, 4) is 11.8 Å². The van der Waals surface area contributed by atoms with Gasteiger partial charge in [0.25, 0.3) is 5.91 Å². The largest absolute Gasteiger partial charge is 0.416 e. The molecule has 0 spiro atoms. The van der Waals surface area contributed by atoms with Gasteiger partial charge >= 0.3 is 6.18 Å². The fourth-order valence-electron chi connectivity index (χ4n) is 3.09. The Morgan fingerprint density at radius 1 is 1.09 bits per heavy atom. The van der Waals surface area contributed by atoms with E-state index in [-0.39, 0.29) is 11.3 Å². The van der Waals surface area contributed by atoms with E-state index in [0.717, 1.165) is 6.07 Å². The van der Waals surface area contributed by atoms with E-state index in [2.05, 4.69) is 27.2 Å². The molecule has 160 valence electrons. The van der Waals surface area contributed by atoms with E-state index in [4.69, 9.17) is 0 Å². The van der Waals surface area contributed by atoms with E-state index >= 15 is 0 Å². The number of rotatable bonds is 2. The third-order valence-corrected chi connectivity index (χ3v) is 4.66. The molecule has 0 atom stereocenters. The monoisotopic (exact) mass is 438 g/mol. The number of carbonyl (C=O) groups excluding carboxylic acids is 1. The maximum absolute atomic E-state index is 13.6. The van der Waals surface area contributed by atoms with E-state index in [0.29, 0.717) is 34.6 Å². The van der Waals surface area contributed by atoms with Crippen molar-refractivity contribution in [2.24, 2.45) is 0 Å². The fourth-order valence-corrected chi connectivity index (χ4v) is 3.09. The molecule has 0 fully saturated rings. The molecule has 1 N–H and O–H groups in total. The number of imidazole rings is 1. The summed E-state index contributed by atoms with van der Waals surface area (Å²) in [6.07, 6.45) is -1.56. The molecule has 0 bridgehead atoms. The van der Waals surface area contributed by atoms with Crippen LogP contribution >= 0.6 is 0 Å². The first kappa shape index (κ1) is 21.1. The van der Waals surface area contributed by atoms with Crippen LogP contribution in [0.15, 0.2) is 60.9 Å². The van der Waals surface area contributed by atoms with Gasteiger partial charge in [0.1, 0.15) is 11.5 Å². The molecule has 0 saturated carbocycles. The highest BCUT2D eigenvalue weighted by molar-refractivity contribution is 6.05. The van der Waals surface area contributed by atoms with Crippen LogP contribution in [0.3, 0.4) is 0 Å². The van der Waals surface area contributed by atoms with Crippen LogP contribution < -0.4 is 5.32 Å². The zero-order valence-corrected chi connectivity index (χ0v) is 16.5. The fraction of sp³-hybridized carbons (Fsp3) is 0.0870. The SMILES string of the molecule is Cc1c(C#Cc2cnc3cccnn23)cccc1C(=O)Nc1cc(F)cc(C(F)(F)F)c1. The number of benzene rings is 2. The molecule has 4 rings (SSSR count). The number of hydrogen-bond acceptors (Lipinski definition) is 3. The van der Waals surface area contributed by atoms with Gasteiger partial charge in [-0.15, -0.1) is 0 Å². The Hall–Kier alpha value is -4.19. The van der Waals surface area contributed by atoms with Crippen LogP contribution in [0.25, 0.3) is 5.65 Å². The number of aromatic nitrogens is 3. The molecule has 0 radical (unpaired) electrons. The lowest BCUT2D eigenvalue weighted by Crippen LogP contribution is -2.15. The van der Waals surface area contributed by atoms with Crippen LogP contribution in [-0.2, 0) is 6.18 Å². The van der Waals surface area contributed by atoms with E-state index in [9.17, 15) is 22.4 Å². The molecule has 4 aromatic rings. The minimum Gasteiger partial charge on any atom is -0.322 e. The molecule has 9 heteroatoms. The van der Waals surface area contributed by atoms with Crippen LogP contribution in [0, 0.1) is 24.6 Å². The number of fused-ring (bicyclic) bond motifs is 1. The molecule has 32 heavy (non-hydrogen) atoms. The highest BCUT2D eigenvalue weighted by atomic mass is 19.4. The molecule has 2 aromatic heterocycles. The number of hydrogen-bond donors (Lipinski definition) is 1. The highest BCUT2D eigenvalue weighted by Crippen LogP contribution is 2.31. The molecule has 2 heterocycles. The van der Waals surface area contributed by atoms with E-state index in [1.807, 2.05) is 0 Å². The average Bonchev–Trinajstić information content (AvgIpc) is 3.15. The second-order valence-electron chi connectivity index (χ2n) is 6.85. The van der Waals surface area contributed by atoms with Gasteiger partial charge in [-0.3, -0.25) is 4.79 Å². The molecular formula is C23H14F4N4O. The Morgan fingerprint density at radius 3 is 2.69 bits per heavy atom. The first-order chi connectivity index (χ1) is 15.2. The van der Waals surface area contributed by atoms with Gasteiger partial charge in [0, 0.05) is 23.0 Å². The van der Waals surface area contributed by atoms with E-state index in [1.54, 1.807) is 48.1 Å². The van der Waals surface area contributed by atoms with Crippen molar-refractivity contribution in [1.29, 1.82) is 0 Å². The molecule has 0 aliphatic carbocycles. The molecule has 1 amide bonds. The smallest absolute Gasteiger partial charge is 0.322 e. The normalized spacial score (nSPS) is 11.2. The second kappa shape index (κ2) is 8.15. The Bertz CT molecular complexity index is 1400. The van der Waals surface area contributed by atoms with Crippen LogP contribution in [0.1, 0.15) is 32.7 Å². The van der Waals surface area contributed by atoms with E-state index < -0.39 is 23.5 Å². The topological polar surface area (TPSA) is 59.3 Å². The van der Waals surface area contributed by atoms with Gasteiger partial charge in [0.15, 0.2) is 5.65 Å². The third-order valence-electron chi connectivity index (χ3n) is 4.66. The predicted octanol–water partition coefficient (Wildman–Crippen LogP) is 4.85. The number of alkyl halides is 3. The summed E-state index contributed by atoms with van der Waals surface area (Å²) < 4.78 is 53.9. The number of carbonyl (C=O) groups is 1. The van der Waals surface area contributed by atoms with Gasteiger partial charge in [-0.2, -0.15) is 18.3 Å². The standard InChI is InChI=1S/C23H14F4N4O/c1-14-15(7-8-19-13-28-21-6-3-9-29-31(19)21)4-2-5-20(14)22(32)30-18-11-16(23(25,26)27)10-17(24)12-18/h2-6,9-13H,1H3,(H,30,32). The van der Waals surface area contributed by atoms with Gasteiger partial charge in [0.05, 0.1) is 11.8 Å². The minimum atomic E-state index is -4.74. The molecule has 2 aromatic carbocycles. The molecule has 0 aliphatic rings. The van der Waals surface area contributed by atoms with Gasteiger partial charge < -0.3 is 5.32 Å². The Labute approximate surface area is 179 Å². The molecule has 0 saturated heterocycles. The van der Waals surface area contributed by atoms with Gasteiger partial charge in [-0.25, -0.2) is 13.9 Å². The predicted molar refractivity (Wildman–Crippen MR) is 110 cm³/mol. The lowest BCUT2D eigenvalue weighted by molar-refractivity contribution is -0.137. The van der Waals surface area contributed by atoms with Gasteiger partial charge in [-0.05, 0) is 60.9 Å². The van der Waals surface area contributed by atoms with Crippen molar-refractivity contribution in [3.05, 3.63) is 94.7 Å². The number of nitrogens with zero attached hydrogens (tertiary/aromatic N) is 3. The lowest BCUT2D eigenvalue weighted by atomic mass is 10.0. The summed E-state index contributed by atoms with van der Waals surface area (Å²) in [4.78, 5) is 16.9. The summed E-state index contributed by atoms with van der Waals surface area (Å²) in [6.45, 7) is 1.67. The first-order valence-corrected chi connectivity index (χ1v) is 9.32. The zero-order valence-electron chi connectivity index (χ0n) is 16.5. The zero-order chi connectivity index (χ0) is 22.9. The summed E-state index contributed by atoms with van der Waals surface area (Å²) in [5.74, 6) is 4.14. The summed E-state index contributed by atoms with van der Waals surface area (Å²) in [6, 6.07) is 10.2. The number of halogens is 4. The maximum atomic E-state index is 13.6. The van der Waals surface area contributed by atoms with Crippen LogP contribution in [0.2, 0.25) is 0 Å². The molecule has 0 unspecified atom stereocenters. The van der Waals surface area contributed by atoms with Crippen LogP contribution in [-0.4, -0.2) is 20.5 Å². The second-order valence-corrected chi connectivity index (χ2v) is 6.85. The highest BCUT2D eigenvalue weighted by Gasteiger charge is 2.31. The van der Waals surface area contributed by atoms with Crippen molar-refractivity contribution in [2.45, 2.75) is 13.1 Å². The summed E-state index contributed by atoms with van der Waals surface area (Å²) in [5.41, 5.74) is 0.960. The first-order valence-electron chi connectivity index (χ1n) is 9.32. The maximum Gasteiger partial charge on any atom is 0.416 e. The van der Waals surface area contributed by atoms with Crippen molar-refractivity contribution in [3.63, 3.8) is 0 Å². The Kier molecular flexibility index (Phi) is 5.36. The summed E-state index contributed by atoms with van der Waals surface area (Å²) in [5, 5.41) is 6.50. The Balaban J connectivity index is 1.62. The van der Waals surface area contributed by atoms with Gasteiger partial charge in [0.2, 0.25) is 0 Å². The van der Waals surface area contributed by atoms with Crippen LogP contribution in [0.5, 0.6) is 0 Å². The Morgan fingerprint density at radius 2 is 1.91 bits per heavy atom. The molecule has 5 nitrogen and oxygen atoms in total. The van der Waals surface area contributed by atoms with E-state index in [1.165, 1.54) is 6.07 Å². The summed E-state index contributed by atoms with van der Waals surface area (Å²) in [7, 11) is 0. The summed E-state index contributed by atoms with van der Waals surface area (Å²) >= 11 is 0. The van der Waals surface area contributed by atoms with Crippen molar-refractivity contribution in [2.75, 3.05) is 5.32 Å². The lowest BCUT2D eigenvalue weighted by Gasteiger charge is -2.12. The number of anilines is 1. The number of amides is 1. The third kappa shape index (κ3) is 4.30. The van der Waals surface area contributed by atoms with Crippen molar-refractivity contribution < 1.29 is 22.4 Å². The van der Waals surface area contributed by atoms with Crippen molar-refractivity contribution in [1.82, 2.24) is 14.6 Å². The molecular weight excluding hydrogens is 424 g/mol. The van der Waals surface area contributed by atoms with Crippen LogP contribution in [0.4, 0.5) is 23.2 Å². The minimum absolute atomic E-state index is 0.200. The number of nitrogens with one attached hydrogen (secondary N) is 1.